The maximum absolute atomic E-state index is 8.75. The number of rotatable bonds is 4. The van der Waals surface area contributed by atoms with Crippen molar-refractivity contribution in [2.45, 2.75) is 52.0 Å². The Morgan fingerprint density at radius 3 is 2.00 bits per heavy atom. The molecule has 0 atom stereocenters. The van der Waals surface area contributed by atoms with Gasteiger partial charge in [-0.05, 0) is 25.6 Å². The minimum Gasteiger partial charge on any atom is -0.434 e. The quantitative estimate of drug-likeness (QED) is 0.654. The molecule has 0 saturated carbocycles. The lowest BCUT2D eigenvalue weighted by molar-refractivity contribution is 0.0766. The number of hydrogen-bond donors (Lipinski definition) is 1. The standard InChI is InChI=1S/C9H21BO2/c1-8(2,3)10-12-9(4,5)6-7-11/h10-11H,6-7H2,1-5H3. The van der Waals surface area contributed by atoms with Crippen LogP contribution in [0.15, 0.2) is 0 Å². The second kappa shape index (κ2) is 4.29. The molecule has 3 heteroatoms. The van der Waals surface area contributed by atoms with Crippen molar-refractivity contribution in [2.75, 3.05) is 6.61 Å². The van der Waals surface area contributed by atoms with Gasteiger partial charge in [0.2, 0.25) is 0 Å². The van der Waals surface area contributed by atoms with Crippen LogP contribution < -0.4 is 0 Å². The summed E-state index contributed by atoms with van der Waals surface area (Å²) in [5.41, 5.74) is -0.192. The van der Waals surface area contributed by atoms with E-state index in [0.29, 0.717) is 6.42 Å². The van der Waals surface area contributed by atoms with Crippen molar-refractivity contribution in [3.05, 3.63) is 0 Å². The Morgan fingerprint density at radius 1 is 1.17 bits per heavy atom. The molecule has 0 aromatic heterocycles. The second-order valence-corrected chi connectivity index (χ2v) is 5.08. The van der Waals surface area contributed by atoms with Crippen molar-refractivity contribution < 1.29 is 9.76 Å². The highest BCUT2D eigenvalue weighted by Gasteiger charge is 2.22. The molecule has 0 amide bonds. The first-order valence-corrected chi connectivity index (χ1v) is 4.52. The van der Waals surface area contributed by atoms with Crippen LogP contribution in [0.3, 0.4) is 0 Å². The first-order chi connectivity index (χ1) is 5.27. The van der Waals surface area contributed by atoms with Gasteiger partial charge in [-0.15, -0.1) is 0 Å². The molecule has 12 heavy (non-hydrogen) atoms. The highest BCUT2D eigenvalue weighted by Crippen LogP contribution is 2.24. The van der Waals surface area contributed by atoms with Gasteiger partial charge in [0.15, 0.2) is 0 Å². The molecule has 2 nitrogen and oxygen atoms in total. The Morgan fingerprint density at radius 2 is 1.67 bits per heavy atom. The van der Waals surface area contributed by atoms with Crippen LogP contribution >= 0.6 is 0 Å². The van der Waals surface area contributed by atoms with Crippen LogP contribution in [-0.4, -0.2) is 24.8 Å². The summed E-state index contributed by atoms with van der Waals surface area (Å²) in [5.74, 6) is 0. The molecule has 0 radical (unpaired) electrons. The minimum atomic E-state index is -0.192. The molecule has 0 unspecified atom stereocenters. The van der Waals surface area contributed by atoms with Crippen LogP contribution in [0.1, 0.15) is 41.0 Å². The summed E-state index contributed by atoms with van der Waals surface area (Å²) in [6.07, 6.45) is 0.698. The zero-order valence-corrected chi connectivity index (χ0v) is 8.98. The summed E-state index contributed by atoms with van der Waals surface area (Å²) in [6.45, 7) is 10.6. The molecule has 0 spiro atoms. The monoisotopic (exact) mass is 172 g/mol. The van der Waals surface area contributed by atoms with Crippen molar-refractivity contribution >= 4 is 7.48 Å². The van der Waals surface area contributed by atoms with E-state index in [1.54, 1.807) is 0 Å². The summed E-state index contributed by atoms with van der Waals surface area (Å²) in [6, 6.07) is 0. The van der Waals surface area contributed by atoms with E-state index >= 15 is 0 Å². The summed E-state index contributed by atoms with van der Waals surface area (Å²) in [4.78, 5) is 0. The molecule has 0 rings (SSSR count). The highest BCUT2D eigenvalue weighted by atomic mass is 16.5. The Labute approximate surface area is 76.6 Å². The van der Waals surface area contributed by atoms with Crippen molar-refractivity contribution in [3.8, 4) is 0 Å². The van der Waals surface area contributed by atoms with Crippen molar-refractivity contribution in [3.63, 3.8) is 0 Å². The second-order valence-electron chi connectivity index (χ2n) is 5.08. The maximum Gasteiger partial charge on any atom is 0.281 e. The smallest absolute Gasteiger partial charge is 0.281 e. The molecule has 0 aliphatic carbocycles. The molecule has 0 aliphatic heterocycles. The van der Waals surface area contributed by atoms with Gasteiger partial charge >= 0.3 is 0 Å². The first-order valence-electron chi connectivity index (χ1n) is 4.52. The van der Waals surface area contributed by atoms with E-state index in [9.17, 15) is 0 Å². The SMILES string of the molecule is CC(C)(C)BOC(C)(C)CCO. The summed E-state index contributed by atoms with van der Waals surface area (Å²) >= 11 is 0. The van der Waals surface area contributed by atoms with Gasteiger partial charge in [-0.2, -0.15) is 0 Å². The fraction of sp³-hybridized carbons (Fsp3) is 1.00. The zero-order valence-electron chi connectivity index (χ0n) is 8.98. The average Bonchev–Trinajstić information content (AvgIpc) is 1.83. The van der Waals surface area contributed by atoms with E-state index in [1.807, 2.05) is 13.8 Å². The first kappa shape index (κ1) is 12.0. The van der Waals surface area contributed by atoms with Gasteiger partial charge in [0.25, 0.3) is 7.48 Å². The third kappa shape index (κ3) is 6.68. The van der Waals surface area contributed by atoms with E-state index in [0.717, 1.165) is 7.48 Å². The van der Waals surface area contributed by atoms with Crippen LogP contribution in [-0.2, 0) is 4.65 Å². The predicted molar refractivity (Wildman–Crippen MR) is 53.7 cm³/mol. The van der Waals surface area contributed by atoms with E-state index in [1.165, 1.54) is 0 Å². The minimum absolute atomic E-state index is 0.192. The highest BCUT2D eigenvalue weighted by molar-refractivity contribution is 6.31. The summed E-state index contributed by atoms with van der Waals surface area (Å²) < 4.78 is 5.67. The van der Waals surface area contributed by atoms with Gasteiger partial charge < -0.3 is 9.76 Å². The van der Waals surface area contributed by atoms with E-state index in [4.69, 9.17) is 9.76 Å². The van der Waals surface area contributed by atoms with Crippen LogP contribution in [0.25, 0.3) is 0 Å². The van der Waals surface area contributed by atoms with Crippen LogP contribution in [0.2, 0.25) is 5.31 Å². The fourth-order valence-corrected chi connectivity index (χ4v) is 0.753. The van der Waals surface area contributed by atoms with Crippen LogP contribution in [0.5, 0.6) is 0 Å². The fourth-order valence-electron chi connectivity index (χ4n) is 0.753. The Balaban J connectivity index is 3.75. The molecular weight excluding hydrogens is 151 g/mol. The Bertz CT molecular complexity index is 127. The lowest BCUT2D eigenvalue weighted by Crippen LogP contribution is -2.30. The van der Waals surface area contributed by atoms with Gasteiger partial charge in [-0.3, -0.25) is 0 Å². The largest absolute Gasteiger partial charge is 0.434 e. The molecular formula is C9H21BO2. The van der Waals surface area contributed by atoms with E-state index in [-0.39, 0.29) is 17.5 Å². The topological polar surface area (TPSA) is 29.5 Å². The van der Waals surface area contributed by atoms with Gasteiger partial charge in [0, 0.05) is 12.2 Å². The molecule has 0 aromatic rings. The molecule has 0 saturated heterocycles. The predicted octanol–water partition coefficient (Wildman–Crippen LogP) is 1.73. The third-order valence-corrected chi connectivity index (χ3v) is 1.61. The van der Waals surface area contributed by atoms with Crippen molar-refractivity contribution in [1.29, 1.82) is 0 Å². The normalized spacial score (nSPS) is 13.2. The van der Waals surface area contributed by atoms with Crippen LogP contribution in [0.4, 0.5) is 0 Å². The van der Waals surface area contributed by atoms with E-state index in [2.05, 4.69) is 20.8 Å². The molecule has 0 aromatic carbocycles. The summed E-state index contributed by atoms with van der Waals surface area (Å²) in [7, 11) is 0.736. The molecule has 0 bridgehead atoms. The van der Waals surface area contributed by atoms with Gasteiger partial charge in [-0.1, -0.05) is 20.8 Å². The molecule has 0 fully saturated rings. The molecule has 0 heterocycles. The zero-order chi connectivity index (χ0) is 9.83. The maximum atomic E-state index is 8.75. The van der Waals surface area contributed by atoms with E-state index < -0.39 is 0 Å². The van der Waals surface area contributed by atoms with Crippen LogP contribution in [0, 0.1) is 0 Å². The van der Waals surface area contributed by atoms with Crippen molar-refractivity contribution in [2.24, 2.45) is 0 Å². The number of aliphatic hydroxyl groups excluding tert-OH is 1. The summed E-state index contributed by atoms with van der Waals surface area (Å²) in [5, 5.41) is 8.95. The Kier molecular flexibility index (Phi) is 4.28. The molecule has 0 aliphatic rings. The average molecular weight is 172 g/mol. The van der Waals surface area contributed by atoms with Crippen molar-refractivity contribution in [1.82, 2.24) is 0 Å². The lowest BCUT2D eigenvalue weighted by atomic mass is 9.67. The van der Waals surface area contributed by atoms with Gasteiger partial charge in [0.1, 0.15) is 0 Å². The number of aliphatic hydroxyl groups is 1. The third-order valence-electron chi connectivity index (χ3n) is 1.61. The number of hydrogen-bond acceptors (Lipinski definition) is 2. The van der Waals surface area contributed by atoms with Gasteiger partial charge in [-0.25, -0.2) is 0 Å². The van der Waals surface area contributed by atoms with Gasteiger partial charge in [0.05, 0.1) is 0 Å². The Hall–Kier alpha value is -0.0151. The molecule has 1 N–H and O–H groups in total. The lowest BCUT2D eigenvalue weighted by Gasteiger charge is -2.28. The molecule has 72 valence electrons.